The summed E-state index contributed by atoms with van der Waals surface area (Å²) >= 11 is 0. The number of imidazole rings is 1. The number of carboxylic acid groups (broad SMARTS) is 1. The summed E-state index contributed by atoms with van der Waals surface area (Å²) in [6.07, 6.45) is 14.5. The van der Waals surface area contributed by atoms with Gasteiger partial charge in [0.25, 0.3) is 0 Å². The first kappa shape index (κ1) is 29.3. The van der Waals surface area contributed by atoms with E-state index in [2.05, 4.69) is 20.9 Å². The highest BCUT2D eigenvalue weighted by molar-refractivity contribution is 5.81. The molecule has 2 aromatic heterocycles. The van der Waals surface area contributed by atoms with Gasteiger partial charge >= 0.3 is 18.0 Å². The van der Waals surface area contributed by atoms with E-state index >= 15 is 0 Å². The third kappa shape index (κ3) is 7.85. The van der Waals surface area contributed by atoms with E-state index in [1.165, 1.54) is 10.9 Å². The fourth-order valence-electron chi connectivity index (χ4n) is 4.56. The highest BCUT2D eigenvalue weighted by Gasteiger charge is 2.49. The number of nitrogen functional groups attached to an aromatic ring is 1. The van der Waals surface area contributed by atoms with Crippen LogP contribution in [0.15, 0.2) is 6.33 Å². The summed E-state index contributed by atoms with van der Waals surface area (Å²) in [7, 11) is 0. The van der Waals surface area contributed by atoms with Gasteiger partial charge in [-0.05, 0) is 12.8 Å². The summed E-state index contributed by atoms with van der Waals surface area (Å²) in [5.41, 5.74) is 4.45. The minimum absolute atomic E-state index is 0.0566. The van der Waals surface area contributed by atoms with Crippen molar-refractivity contribution in [2.75, 3.05) is 12.3 Å². The average molecular weight is 534 g/mol. The molecule has 1 saturated heterocycles. The number of esters is 1. The minimum atomic E-state index is -1.55. The summed E-state index contributed by atoms with van der Waals surface area (Å²) < 4.78 is 26.4. The van der Waals surface area contributed by atoms with Crippen molar-refractivity contribution in [3.8, 4) is 12.3 Å². The van der Waals surface area contributed by atoms with Crippen LogP contribution < -0.4 is 5.73 Å². The number of hydrogen-bond acceptors (Lipinski definition) is 9. The number of rotatable bonds is 16. The van der Waals surface area contributed by atoms with Gasteiger partial charge in [-0.2, -0.15) is 14.4 Å². The lowest BCUT2D eigenvalue weighted by Gasteiger charge is -2.26. The average Bonchev–Trinajstić information content (AvgIpc) is 3.44. The number of unbranched alkanes of at least 4 members (excludes halogenated alkanes) is 9. The molecular formula is C26H36FN5O6. The Morgan fingerprint density at radius 3 is 2.34 bits per heavy atom. The number of aliphatic hydroxyl groups is 1. The van der Waals surface area contributed by atoms with Crippen LogP contribution in [0.25, 0.3) is 11.2 Å². The van der Waals surface area contributed by atoms with Gasteiger partial charge in [0.05, 0.1) is 6.33 Å². The van der Waals surface area contributed by atoms with E-state index in [-0.39, 0.29) is 42.9 Å². The molecule has 4 N–H and O–H groups in total. The second-order valence-electron chi connectivity index (χ2n) is 9.65. The van der Waals surface area contributed by atoms with Crippen molar-refractivity contribution in [3.63, 3.8) is 0 Å². The summed E-state index contributed by atoms with van der Waals surface area (Å²) in [5.74, 6) is 1.15. The van der Waals surface area contributed by atoms with E-state index in [1.54, 1.807) is 0 Å². The van der Waals surface area contributed by atoms with Crippen LogP contribution in [0.1, 0.15) is 89.7 Å². The molecule has 0 amide bonds. The number of anilines is 1. The van der Waals surface area contributed by atoms with Gasteiger partial charge in [-0.3, -0.25) is 14.2 Å². The summed E-state index contributed by atoms with van der Waals surface area (Å²) in [5, 5.41) is 19.3. The van der Waals surface area contributed by atoms with Crippen LogP contribution in [0.4, 0.5) is 10.2 Å². The zero-order valence-electron chi connectivity index (χ0n) is 21.5. The van der Waals surface area contributed by atoms with Crippen molar-refractivity contribution in [1.29, 1.82) is 0 Å². The van der Waals surface area contributed by atoms with Crippen LogP contribution in [-0.4, -0.2) is 60.0 Å². The normalized spacial score (nSPS) is 21.0. The molecule has 12 heteroatoms. The summed E-state index contributed by atoms with van der Waals surface area (Å²) in [4.78, 5) is 34.0. The second-order valence-corrected chi connectivity index (χ2v) is 9.65. The molecule has 0 spiro atoms. The number of carboxylic acids is 1. The molecule has 1 fully saturated rings. The molecule has 0 unspecified atom stereocenters. The predicted molar refractivity (Wildman–Crippen MR) is 136 cm³/mol. The maximum Gasteiger partial charge on any atom is 0.312 e. The quantitative estimate of drug-likeness (QED) is 0.126. The molecule has 2 aromatic rings. The zero-order valence-corrected chi connectivity index (χ0v) is 21.5. The lowest BCUT2D eigenvalue weighted by Crippen LogP contribution is -2.43. The van der Waals surface area contributed by atoms with E-state index in [0.29, 0.717) is 6.42 Å². The number of hydrogen-bond donors (Lipinski definition) is 3. The number of terminal acetylenes is 1. The van der Waals surface area contributed by atoms with Crippen LogP contribution in [0.5, 0.6) is 0 Å². The third-order valence-corrected chi connectivity index (χ3v) is 6.75. The van der Waals surface area contributed by atoms with Gasteiger partial charge < -0.3 is 25.4 Å². The number of halogens is 1. The van der Waals surface area contributed by atoms with Crippen LogP contribution in [0, 0.1) is 18.4 Å². The van der Waals surface area contributed by atoms with Crippen molar-refractivity contribution in [2.24, 2.45) is 0 Å². The molecule has 0 aromatic carbocycles. The van der Waals surface area contributed by atoms with E-state index in [1.807, 2.05) is 0 Å². The maximum atomic E-state index is 13.7. The standard InChI is InChI=1S/C26H36FN5O6/c1-2-26(16-37-21(36)14-12-10-8-6-4-3-5-7-9-11-13-20(34)35)18(33)15-19(38-26)32-17-29-22-23(28)30-25(27)31-24(22)32/h1,17-19,33H,3-16H2,(H,34,35)(H2,28,30,31)/t18-,19+,26+/m0/s1. The van der Waals surface area contributed by atoms with E-state index < -0.39 is 35.9 Å². The van der Waals surface area contributed by atoms with Crippen molar-refractivity contribution in [1.82, 2.24) is 19.5 Å². The third-order valence-electron chi connectivity index (χ3n) is 6.75. The van der Waals surface area contributed by atoms with Gasteiger partial charge in [-0.25, -0.2) is 4.98 Å². The molecule has 38 heavy (non-hydrogen) atoms. The van der Waals surface area contributed by atoms with Gasteiger partial charge in [0.15, 0.2) is 22.6 Å². The monoisotopic (exact) mass is 533 g/mol. The van der Waals surface area contributed by atoms with Gasteiger partial charge in [-0.1, -0.05) is 57.3 Å². The Bertz CT molecular complexity index is 1140. The maximum absolute atomic E-state index is 13.7. The number of carbonyl (C=O) groups is 2. The first-order valence-electron chi connectivity index (χ1n) is 13.1. The SMILES string of the molecule is C#C[C@]1(COC(=O)CCCCCCCCCCCCC(=O)O)O[C@@H](n2cnc3c(N)nc(F)nc32)C[C@@H]1O. The molecule has 1 aliphatic rings. The van der Waals surface area contributed by atoms with Gasteiger partial charge in [0, 0.05) is 19.3 Å². The first-order chi connectivity index (χ1) is 18.3. The van der Waals surface area contributed by atoms with Crippen molar-refractivity contribution in [2.45, 2.75) is 101 Å². The van der Waals surface area contributed by atoms with Crippen LogP contribution >= 0.6 is 0 Å². The molecule has 3 heterocycles. The topological polar surface area (TPSA) is 163 Å². The van der Waals surface area contributed by atoms with Crippen LogP contribution in [-0.2, 0) is 19.1 Å². The van der Waals surface area contributed by atoms with Crippen molar-refractivity contribution < 1.29 is 33.7 Å². The van der Waals surface area contributed by atoms with E-state index in [9.17, 15) is 19.1 Å². The molecule has 11 nitrogen and oxygen atoms in total. The number of aliphatic hydroxyl groups excluding tert-OH is 1. The fraction of sp³-hybridized carbons (Fsp3) is 0.654. The zero-order chi connectivity index (χ0) is 27.5. The molecule has 0 bridgehead atoms. The molecule has 0 radical (unpaired) electrons. The molecular weight excluding hydrogens is 497 g/mol. The molecule has 208 valence electrons. The Morgan fingerprint density at radius 1 is 1.13 bits per heavy atom. The summed E-state index contributed by atoms with van der Waals surface area (Å²) in [6.45, 7) is -0.315. The largest absolute Gasteiger partial charge is 0.481 e. The number of fused-ring (bicyclic) bond motifs is 1. The Morgan fingerprint density at radius 2 is 1.74 bits per heavy atom. The summed E-state index contributed by atoms with van der Waals surface area (Å²) in [6, 6.07) is 0. The van der Waals surface area contributed by atoms with E-state index in [0.717, 1.165) is 57.8 Å². The highest BCUT2D eigenvalue weighted by atomic mass is 19.1. The molecule has 3 atom stereocenters. The smallest absolute Gasteiger partial charge is 0.312 e. The van der Waals surface area contributed by atoms with Crippen LogP contribution in [0.3, 0.4) is 0 Å². The van der Waals surface area contributed by atoms with Crippen molar-refractivity contribution in [3.05, 3.63) is 12.4 Å². The highest BCUT2D eigenvalue weighted by Crippen LogP contribution is 2.38. The molecule has 3 rings (SSSR count). The lowest BCUT2D eigenvalue weighted by molar-refractivity contribution is -0.156. The Labute approximate surface area is 220 Å². The van der Waals surface area contributed by atoms with Gasteiger partial charge in [-0.15, -0.1) is 6.42 Å². The van der Waals surface area contributed by atoms with Crippen molar-refractivity contribution >= 4 is 28.9 Å². The molecule has 0 saturated carbocycles. The number of nitrogens with zero attached hydrogens (tertiary/aromatic N) is 4. The Balaban J connectivity index is 1.34. The predicted octanol–water partition coefficient (Wildman–Crippen LogP) is 3.51. The number of nitrogens with two attached hydrogens (primary N) is 1. The number of carbonyl (C=O) groups excluding carboxylic acids is 1. The minimum Gasteiger partial charge on any atom is -0.481 e. The number of aliphatic carboxylic acids is 1. The first-order valence-corrected chi connectivity index (χ1v) is 13.1. The molecule has 1 aliphatic heterocycles. The second kappa shape index (κ2) is 14.0. The van der Waals surface area contributed by atoms with Gasteiger partial charge in [0.2, 0.25) is 0 Å². The Kier molecular flexibility index (Phi) is 10.8. The van der Waals surface area contributed by atoms with Crippen LogP contribution in [0.2, 0.25) is 0 Å². The molecule has 0 aliphatic carbocycles. The number of ether oxygens (including phenoxy) is 2. The number of aromatic nitrogens is 4. The van der Waals surface area contributed by atoms with E-state index in [4.69, 9.17) is 26.7 Å². The lowest BCUT2D eigenvalue weighted by atomic mass is 9.99. The fourth-order valence-corrected chi connectivity index (χ4v) is 4.56. The van der Waals surface area contributed by atoms with Gasteiger partial charge in [0.1, 0.15) is 18.9 Å². The Hall–Kier alpha value is -3.30.